The first-order valence-electron chi connectivity index (χ1n) is 8.56. The van der Waals surface area contributed by atoms with Gasteiger partial charge >= 0.3 is 0 Å². The van der Waals surface area contributed by atoms with Crippen LogP contribution < -0.4 is 0 Å². The molecule has 4 heterocycles. The zero-order chi connectivity index (χ0) is 17.2. The highest BCUT2D eigenvalue weighted by Crippen LogP contribution is 2.26. The minimum absolute atomic E-state index is 0.150. The van der Waals surface area contributed by atoms with E-state index in [4.69, 9.17) is 0 Å². The molecular formula is C18H20N6O. The van der Waals surface area contributed by atoms with Crippen LogP contribution in [0.15, 0.2) is 37.1 Å². The summed E-state index contributed by atoms with van der Waals surface area (Å²) in [4.78, 5) is 31.4. The fourth-order valence-corrected chi connectivity index (χ4v) is 3.52. The Hall–Kier alpha value is -2.83. The van der Waals surface area contributed by atoms with Crippen molar-refractivity contribution in [3.63, 3.8) is 0 Å². The Morgan fingerprint density at radius 3 is 2.96 bits per heavy atom. The quantitative estimate of drug-likeness (QED) is 0.731. The molecule has 25 heavy (non-hydrogen) atoms. The number of aromatic nitrogens is 5. The van der Waals surface area contributed by atoms with Crippen molar-refractivity contribution in [3.05, 3.63) is 42.7 Å². The van der Waals surface area contributed by atoms with E-state index in [2.05, 4.69) is 19.9 Å². The number of imidazole rings is 1. The first-order chi connectivity index (χ1) is 12.2. The second-order valence-corrected chi connectivity index (χ2v) is 6.46. The summed E-state index contributed by atoms with van der Waals surface area (Å²) in [5, 5.41) is 0. The molecule has 0 aliphatic carbocycles. The van der Waals surface area contributed by atoms with Crippen LogP contribution in [-0.2, 0) is 11.2 Å². The van der Waals surface area contributed by atoms with Gasteiger partial charge in [0.25, 0.3) is 0 Å². The lowest BCUT2D eigenvalue weighted by atomic mass is 9.92. The van der Waals surface area contributed by atoms with Crippen LogP contribution in [0.25, 0.3) is 17.2 Å². The molecule has 0 bridgehead atoms. The molecule has 0 unspecified atom stereocenters. The molecule has 4 rings (SSSR count). The first kappa shape index (κ1) is 15.7. The minimum atomic E-state index is 0.150. The summed E-state index contributed by atoms with van der Waals surface area (Å²) < 4.78 is 1.93. The number of carbonyl (C=O) groups excluding carboxylic acids is 1. The molecule has 0 radical (unpaired) electrons. The zero-order valence-corrected chi connectivity index (χ0v) is 14.2. The Balaban J connectivity index is 1.65. The number of likely N-dealkylation sites (tertiary alicyclic amines) is 1. The number of rotatable bonds is 3. The van der Waals surface area contributed by atoms with Gasteiger partial charge in [-0.1, -0.05) is 0 Å². The van der Waals surface area contributed by atoms with Crippen molar-refractivity contribution < 1.29 is 4.79 Å². The van der Waals surface area contributed by atoms with Gasteiger partial charge in [0, 0.05) is 44.8 Å². The van der Waals surface area contributed by atoms with Crippen LogP contribution in [0, 0.1) is 5.92 Å². The highest BCUT2D eigenvalue weighted by Gasteiger charge is 2.24. The maximum Gasteiger partial charge on any atom is 0.234 e. The molecular weight excluding hydrogens is 316 g/mol. The molecule has 1 atom stereocenters. The molecule has 7 heteroatoms. The minimum Gasteiger partial charge on any atom is -0.343 e. The van der Waals surface area contributed by atoms with Gasteiger partial charge in [-0.25, -0.2) is 9.97 Å². The van der Waals surface area contributed by atoms with Crippen LogP contribution in [0.1, 0.15) is 25.5 Å². The van der Waals surface area contributed by atoms with Crippen molar-refractivity contribution in [1.82, 2.24) is 29.2 Å². The Bertz CT molecular complexity index is 905. The Kier molecular flexibility index (Phi) is 4.13. The lowest BCUT2D eigenvalue weighted by Crippen LogP contribution is -2.39. The molecule has 0 N–H and O–H groups in total. The van der Waals surface area contributed by atoms with Gasteiger partial charge in [0.15, 0.2) is 0 Å². The summed E-state index contributed by atoms with van der Waals surface area (Å²) in [5.74, 6) is 1.21. The van der Waals surface area contributed by atoms with E-state index in [1.165, 1.54) is 0 Å². The monoisotopic (exact) mass is 336 g/mol. The average Bonchev–Trinajstić information content (AvgIpc) is 3.06. The maximum absolute atomic E-state index is 11.7. The predicted molar refractivity (Wildman–Crippen MR) is 92.7 cm³/mol. The predicted octanol–water partition coefficient (Wildman–Crippen LogP) is 1.99. The first-order valence-corrected chi connectivity index (χ1v) is 8.56. The number of carbonyl (C=O) groups is 1. The van der Waals surface area contributed by atoms with Gasteiger partial charge in [-0.15, -0.1) is 0 Å². The fourth-order valence-electron chi connectivity index (χ4n) is 3.52. The molecule has 0 spiro atoms. The van der Waals surface area contributed by atoms with E-state index in [9.17, 15) is 4.79 Å². The lowest BCUT2D eigenvalue weighted by Gasteiger charge is -2.32. The topological polar surface area (TPSA) is 76.3 Å². The molecule has 7 nitrogen and oxygen atoms in total. The van der Waals surface area contributed by atoms with Gasteiger partial charge in [-0.2, -0.15) is 0 Å². The molecule has 1 saturated heterocycles. The number of nitrogens with zero attached hydrogens (tertiary/aromatic N) is 6. The van der Waals surface area contributed by atoms with Crippen molar-refractivity contribution in [2.75, 3.05) is 13.1 Å². The van der Waals surface area contributed by atoms with Crippen LogP contribution in [0.5, 0.6) is 0 Å². The van der Waals surface area contributed by atoms with Gasteiger partial charge in [-0.3, -0.25) is 19.2 Å². The molecule has 1 amide bonds. The number of fused-ring (bicyclic) bond motifs is 1. The second-order valence-electron chi connectivity index (χ2n) is 6.46. The van der Waals surface area contributed by atoms with Crippen LogP contribution in [0.2, 0.25) is 0 Å². The van der Waals surface area contributed by atoms with E-state index >= 15 is 0 Å². The third-order valence-corrected chi connectivity index (χ3v) is 4.75. The molecule has 1 aliphatic heterocycles. The van der Waals surface area contributed by atoms with E-state index in [0.29, 0.717) is 11.7 Å². The Morgan fingerprint density at radius 1 is 1.20 bits per heavy atom. The molecule has 0 saturated carbocycles. The van der Waals surface area contributed by atoms with E-state index in [-0.39, 0.29) is 5.91 Å². The highest BCUT2D eigenvalue weighted by molar-refractivity contribution is 5.73. The third-order valence-electron chi connectivity index (χ3n) is 4.75. The number of amides is 1. The maximum atomic E-state index is 11.7. The van der Waals surface area contributed by atoms with Crippen LogP contribution in [0.4, 0.5) is 0 Å². The van der Waals surface area contributed by atoms with E-state index in [1.54, 1.807) is 31.7 Å². The summed E-state index contributed by atoms with van der Waals surface area (Å²) in [6.07, 6.45) is 11.8. The van der Waals surface area contributed by atoms with Crippen LogP contribution in [0.3, 0.4) is 0 Å². The lowest BCUT2D eigenvalue weighted by molar-refractivity contribution is -0.130. The SMILES string of the molecule is CC(=O)N1CCC[C@@H](Cc2nccnc2-c2cnc3ncccn23)C1. The molecule has 3 aromatic heterocycles. The smallest absolute Gasteiger partial charge is 0.234 e. The number of hydrogen-bond acceptors (Lipinski definition) is 5. The molecule has 1 fully saturated rings. The van der Waals surface area contributed by atoms with E-state index in [0.717, 1.165) is 49.4 Å². The van der Waals surface area contributed by atoms with Gasteiger partial charge in [-0.05, 0) is 31.2 Å². The highest BCUT2D eigenvalue weighted by atomic mass is 16.2. The standard InChI is InChI=1S/C18H20N6O/c1-13(25)23-8-2-4-14(12-23)10-15-17(20-7-6-19-15)16-11-22-18-21-5-3-9-24(16)18/h3,5-7,9,11,14H,2,4,8,10,12H2,1H3/t14-/m0/s1. The second kappa shape index (κ2) is 6.58. The Morgan fingerprint density at radius 2 is 2.08 bits per heavy atom. The normalized spacial score (nSPS) is 17.8. The van der Waals surface area contributed by atoms with E-state index < -0.39 is 0 Å². The van der Waals surface area contributed by atoms with Crippen molar-refractivity contribution >= 4 is 11.7 Å². The summed E-state index contributed by atoms with van der Waals surface area (Å²) in [6, 6.07) is 1.88. The Labute approximate surface area is 145 Å². The largest absolute Gasteiger partial charge is 0.343 e. The molecule has 0 aromatic carbocycles. The molecule has 1 aliphatic rings. The summed E-state index contributed by atoms with van der Waals surface area (Å²) in [7, 11) is 0. The van der Waals surface area contributed by atoms with Crippen molar-refractivity contribution in [2.24, 2.45) is 5.92 Å². The van der Waals surface area contributed by atoms with Gasteiger partial charge < -0.3 is 4.90 Å². The van der Waals surface area contributed by atoms with Crippen molar-refractivity contribution in [2.45, 2.75) is 26.2 Å². The molecule has 3 aromatic rings. The number of piperidine rings is 1. The summed E-state index contributed by atoms with van der Waals surface area (Å²) >= 11 is 0. The number of hydrogen-bond donors (Lipinski definition) is 0. The summed E-state index contributed by atoms with van der Waals surface area (Å²) in [6.45, 7) is 3.29. The van der Waals surface area contributed by atoms with Gasteiger partial charge in [0.2, 0.25) is 11.7 Å². The zero-order valence-electron chi connectivity index (χ0n) is 14.2. The van der Waals surface area contributed by atoms with Crippen molar-refractivity contribution in [1.29, 1.82) is 0 Å². The molecule has 128 valence electrons. The van der Waals surface area contributed by atoms with Gasteiger partial charge in [0.1, 0.15) is 5.69 Å². The van der Waals surface area contributed by atoms with Crippen molar-refractivity contribution in [3.8, 4) is 11.4 Å². The van der Waals surface area contributed by atoms with Crippen LogP contribution in [-0.4, -0.2) is 48.2 Å². The van der Waals surface area contributed by atoms with E-state index in [1.807, 2.05) is 21.6 Å². The van der Waals surface area contributed by atoms with Crippen LogP contribution >= 0.6 is 0 Å². The summed E-state index contributed by atoms with van der Waals surface area (Å²) in [5.41, 5.74) is 2.68. The average molecular weight is 336 g/mol. The third kappa shape index (κ3) is 3.09. The fraction of sp³-hybridized carbons (Fsp3) is 0.389. The van der Waals surface area contributed by atoms with Gasteiger partial charge in [0.05, 0.1) is 17.6 Å².